The van der Waals surface area contributed by atoms with Crippen LogP contribution in [0.5, 0.6) is 0 Å². The number of anilines is 1. The Balaban J connectivity index is 1.24. The second-order valence-corrected chi connectivity index (χ2v) is 11.2. The molecule has 3 aliphatic rings. The van der Waals surface area contributed by atoms with Crippen molar-refractivity contribution in [1.82, 2.24) is 20.0 Å². The number of likely N-dealkylation sites (tertiary alicyclic amines) is 2. The van der Waals surface area contributed by atoms with E-state index in [-0.39, 0.29) is 11.3 Å². The fourth-order valence-corrected chi connectivity index (χ4v) is 5.54. The number of benzene rings is 1. The van der Waals surface area contributed by atoms with Crippen LogP contribution in [0.15, 0.2) is 24.4 Å². The highest BCUT2D eigenvalue weighted by atomic mass is 32.2. The van der Waals surface area contributed by atoms with Crippen LogP contribution in [0.3, 0.4) is 0 Å². The van der Waals surface area contributed by atoms with Gasteiger partial charge in [0.25, 0.3) is 0 Å². The van der Waals surface area contributed by atoms with E-state index in [1.807, 2.05) is 24.2 Å². The first-order valence-corrected chi connectivity index (χ1v) is 11.7. The Morgan fingerprint density at radius 2 is 1.97 bits per heavy atom. The second kappa shape index (κ2) is 7.23. The monoisotopic (exact) mass is 442 g/mol. The van der Waals surface area contributed by atoms with Crippen molar-refractivity contribution in [3.05, 3.63) is 35.5 Å². The fraction of sp³-hybridized carbons (Fsp3) is 0.545. The van der Waals surface area contributed by atoms with Crippen LogP contribution in [-0.2, 0) is 28.8 Å². The molecule has 0 radical (unpaired) electrons. The number of hydrogen-bond acceptors (Lipinski definition) is 6. The molecule has 2 aromatic rings. The molecule has 9 heteroatoms. The van der Waals surface area contributed by atoms with Gasteiger partial charge in [-0.25, -0.2) is 0 Å². The lowest BCUT2D eigenvalue weighted by Crippen LogP contribution is -2.75. The Hall–Kier alpha value is -2.07. The minimum absolute atomic E-state index is 0.161. The SMILES string of the molecule is CN1C(=O)CCc2cc(-c3[nH]ncc3CN3CC4(C3)CN(C(C)(C)S(=O)[O-])C4)ccc21. The molecule has 1 N–H and O–H groups in total. The van der Waals surface area contributed by atoms with Gasteiger partial charge in [-0.2, -0.15) is 5.10 Å². The van der Waals surface area contributed by atoms with E-state index in [0.29, 0.717) is 6.42 Å². The third-order valence-electron chi connectivity index (χ3n) is 7.16. The molecule has 166 valence electrons. The molecule has 0 saturated carbocycles. The maximum Gasteiger partial charge on any atom is 0.227 e. The van der Waals surface area contributed by atoms with E-state index < -0.39 is 16.0 Å². The Labute approximate surface area is 184 Å². The standard InChI is InChI=1S/C22H29N5O3S/c1-21(2,31(29)30)27-13-22(14-27)11-26(12-22)10-17-9-23-24-20(17)16-4-6-18-15(8-16)5-7-19(28)25(18)3/h4,6,8-9H,5,7,10-14H2,1-3H3,(H,23,24)(H,29,30)/p-1. The normalized spacial score (nSPS) is 22.2. The molecule has 1 aromatic carbocycles. The number of carbonyl (C=O) groups is 1. The number of amides is 1. The van der Waals surface area contributed by atoms with Crippen LogP contribution >= 0.6 is 0 Å². The number of nitrogens with one attached hydrogen (secondary N) is 1. The minimum Gasteiger partial charge on any atom is -0.771 e. The third-order valence-corrected chi connectivity index (χ3v) is 8.24. The molecule has 1 amide bonds. The van der Waals surface area contributed by atoms with Crippen molar-refractivity contribution in [2.24, 2.45) is 5.41 Å². The van der Waals surface area contributed by atoms with Gasteiger partial charge in [-0.05, 0) is 49.0 Å². The number of aryl methyl sites for hydroxylation is 1. The predicted octanol–water partition coefficient (Wildman–Crippen LogP) is 1.72. The maximum absolute atomic E-state index is 11.9. The van der Waals surface area contributed by atoms with Crippen LogP contribution < -0.4 is 4.90 Å². The zero-order valence-electron chi connectivity index (χ0n) is 18.2. The quantitative estimate of drug-likeness (QED) is 0.709. The molecule has 1 unspecified atom stereocenters. The summed E-state index contributed by atoms with van der Waals surface area (Å²) >= 11 is -2.10. The first-order valence-electron chi connectivity index (χ1n) is 10.7. The molecule has 0 bridgehead atoms. The number of aromatic amines is 1. The molecule has 2 saturated heterocycles. The lowest BCUT2D eigenvalue weighted by atomic mass is 9.72. The summed E-state index contributed by atoms with van der Waals surface area (Å²) in [5, 5.41) is 7.45. The van der Waals surface area contributed by atoms with Gasteiger partial charge in [0.15, 0.2) is 0 Å². The average molecular weight is 443 g/mol. The van der Waals surface area contributed by atoms with Crippen molar-refractivity contribution >= 4 is 22.7 Å². The van der Waals surface area contributed by atoms with Crippen molar-refractivity contribution in [2.75, 3.05) is 38.1 Å². The summed E-state index contributed by atoms with van der Waals surface area (Å²) in [6.45, 7) is 7.98. The molecule has 1 spiro atoms. The molecule has 1 aromatic heterocycles. The van der Waals surface area contributed by atoms with Gasteiger partial charge in [-0.15, -0.1) is 0 Å². The number of hydrogen-bond donors (Lipinski definition) is 1. The zero-order chi connectivity index (χ0) is 22.0. The van der Waals surface area contributed by atoms with E-state index in [9.17, 15) is 13.6 Å². The summed E-state index contributed by atoms with van der Waals surface area (Å²) in [6, 6.07) is 6.24. The molecule has 5 rings (SSSR count). The Bertz CT molecular complexity index is 1050. The first kappa shape index (κ1) is 20.8. The van der Waals surface area contributed by atoms with Gasteiger partial charge >= 0.3 is 0 Å². The smallest absolute Gasteiger partial charge is 0.227 e. The molecular weight excluding hydrogens is 414 g/mol. The van der Waals surface area contributed by atoms with E-state index >= 15 is 0 Å². The summed E-state index contributed by atoms with van der Waals surface area (Å²) in [5.74, 6) is 0.161. The third kappa shape index (κ3) is 3.44. The van der Waals surface area contributed by atoms with Crippen molar-refractivity contribution < 1.29 is 13.6 Å². The molecule has 4 heterocycles. The summed E-state index contributed by atoms with van der Waals surface area (Å²) in [5.41, 5.74) is 5.69. The van der Waals surface area contributed by atoms with E-state index in [0.717, 1.165) is 61.7 Å². The summed E-state index contributed by atoms with van der Waals surface area (Å²) < 4.78 is 22.9. The van der Waals surface area contributed by atoms with Crippen LogP contribution in [0, 0.1) is 5.41 Å². The minimum atomic E-state index is -2.10. The van der Waals surface area contributed by atoms with E-state index in [2.05, 4.69) is 27.2 Å². The maximum atomic E-state index is 11.9. The number of fused-ring (bicyclic) bond motifs is 1. The molecule has 1 atom stereocenters. The molecule has 8 nitrogen and oxygen atoms in total. The summed E-state index contributed by atoms with van der Waals surface area (Å²) in [7, 11) is 1.83. The number of aromatic nitrogens is 2. The van der Waals surface area contributed by atoms with Gasteiger partial charge in [0, 0.05) is 68.4 Å². The van der Waals surface area contributed by atoms with Crippen LogP contribution in [0.2, 0.25) is 0 Å². The van der Waals surface area contributed by atoms with Gasteiger partial charge in [-0.3, -0.25) is 23.9 Å². The van der Waals surface area contributed by atoms with Crippen molar-refractivity contribution in [2.45, 2.75) is 38.1 Å². The molecule has 0 aliphatic carbocycles. The Morgan fingerprint density at radius 1 is 1.23 bits per heavy atom. The zero-order valence-corrected chi connectivity index (χ0v) is 19.0. The second-order valence-electron chi connectivity index (χ2n) is 9.75. The fourth-order valence-electron chi connectivity index (χ4n) is 5.20. The van der Waals surface area contributed by atoms with Gasteiger partial charge in [0.1, 0.15) is 0 Å². The van der Waals surface area contributed by atoms with E-state index in [1.54, 1.807) is 18.7 Å². The lowest BCUT2D eigenvalue weighted by Gasteiger charge is -2.64. The number of nitrogens with zero attached hydrogens (tertiary/aromatic N) is 4. The Morgan fingerprint density at radius 3 is 2.68 bits per heavy atom. The van der Waals surface area contributed by atoms with Gasteiger partial charge < -0.3 is 9.45 Å². The van der Waals surface area contributed by atoms with Gasteiger partial charge in [-0.1, -0.05) is 6.07 Å². The highest BCUT2D eigenvalue weighted by Gasteiger charge is 2.54. The topological polar surface area (TPSA) is 95.6 Å². The van der Waals surface area contributed by atoms with E-state index in [4.69, 9.17) is 0 Å². The highest BCUT2D eigenvalue weighted by molar-refractivity contribution is 7.80. The predicted molar refractivity (Wildman–Crippen MR) is 118 cm³/mol. The number of carbonyl (C=O) groups excluding carboxylic acids is 1. The summed E-state index contributed by atoms with van der Waals surface area (Å²) in [4.78, 5) is 17.3. The van der Waals surface area contributed by atoms with Crippen molar-refractivity contribution in [3.8, 4) is 11.3 Å². The largest absolute Gasteiger partial charge is 0.771 e. The molecule has 3 aliphatic heterocycles. The van der Waals surface area contributed by atoms with Gasteiger partial charge in [0.05, 0.1) is 16.8 Å². The molecule has 2 fully saturated rings. The average Bonchev–Trinajstić information content (AvgIpc) is 3.13. The summed E-state index contributed by atoms with van der Waals surface area (Å²) in [6.07, 6.45) is 3.21. The number of H-pyrrole nitrogens is 1. The van der Waals surface area contributed by atoms with Crippen LogP contribution in [0.1, 0.15) is 31.4 Å². The van der Waals surface area contributed by atoms with Crippen LogP contribution in [0.25, 0.3) is 11.3 Å². The van der Waals surface area contributed by atoms with Crippen molar-refractivity contribution in [1.29, 1.82) is 0 Å². The number of rotatable bonds is 5. The molecule has 31 heavy (non-hydrogen) atoms. The highest BCUT2D eigenvalue weighted by Crippen LogP contribution is 2.44. The van der Waals surface area contributed by atoms with Crippen LogP contribution in [-0.4, -0.2) is 72.8 Å². The van der Waals surface area contributed by atoms with Crippen LogP contribution in [0.4, 0.5) is 5.69 Å². The Kier molecular flexibility index (Phi) is 4.85. The van der Waals surface area contributed by atoms with Crippen molar-refractivity contribution in [3.63, 3.8) is 0 Å². The lowest BCUT2D eigenvalue weighted by molar-refractivity contribution is -0.135. The van der Waals surface area contributed by atoms with Gasteiger partial charge in [0.2, 0.25) is 5.91 Å². The first-order chi connectivity index (χ1) is 14.7. The molecular formula is C22H28N5O3S-. The van der Waals surface area contributed by atoms with E-state index in [1.165, 1.54) is 5.56 Å².